The van der Waals surface area contributed by atoms with Gasteiger partial charge in [0, 0.05) is 13.0 Å². The topological polar surface area (TPSA) is 101 Å². The number of aryl methyl sites for hydroxylation is 1. The summed E-state index contributed by atoms with van der Waals surface area (Å²) in [5.41, 5.74) is 7.06. The van der Waals surface area contributed by atoms with E-state index in [4.69, 9.17) is 10.8 Å². The smallest absolute Gasteiger partial charge is 0.183 e. The quantitative estimate of drug-likeness (QED) is 0.649. The first kappa shape index (κ1) is 11.8. The highest BCUT2D eigenvalue weighted by molar-refractivity contribution is 5.80. The van der Waals surface area contributed by atoms with Gasteiger partial charge in [-0.15, -0.1) is 0 Å². The van der Waals surface area contributed by atoms with Crippen molar-refractivity contribution in [2.45, 2.75) is 32.1 Å². The van der Waals surface area contributed by atoms with Gasteiger partial charge < -0.3 is 15.8 Å². The number of aliphatic hydroxyl groups excluding tert-OH is 1. The van der Waals surface area contributed by atoms with Crippen molar-refractivity contribution in [3.63, 3.8) is 0 Å². The Morgan fingerprint density at radius 3 is 2.76 bits per heavy atom. The van der Waals surface area contributed by atoms with Gasteiger partial charge in [0.05, 0.1) is 0 Å². The number of aliphatic hydroxyl groups is 1. The summed E-state index contributed by atoms with van der Waals surface area (Å²) in [6.07, 6.45) is 6.37. The molecule has 0 aliphatic rings. The van der Waals surface area contributed by atoms with Crippen LogP contribution in [-0.4, -0.2) is 31.6 Å². The van der Waals surface area contributed by atoms with Crippen LogP contribution >= 0.6 is 0 Å². The second kappa shape index (κ2) is 5.58. The maximum atomic E-state index is 8.66. The molecule has 0 unspecified atom stereocenters. The molecule has 17 heavy (non-hydrogen) atoms. The summed E-state index contributed by atoms with van der Waals surface area (Å²) < 4.78 is 0. The minimum atomic E-state index is 0.275. The first-order chi connectivity index (χ1) is 8.31. The van der Waals surface area contributed by atoms with Crippen LogP contribution < -0.4 is 5.73 Å². The zero-order valence-electron chi connectivity index (χ0n) is 9.69. The molecule has 2 rings (SSSR count). The van der Waals surface area contributed by atoms with Crippen molar-refractivity contribution < 1.29 is 5.11 Å². The number of fused-ring (bicyclic) bond motifs is 1. The Morgan fingerprint density at radius 2 is 2.00 bits per heavy atom. The largest absolute Gasteiger partial charge is 0.396 e. The van der Waals surface area contributed by atoms with Crippen LogP contribution in [0.5, 0.6) is 0 Å². The van der Waals surface area contributed by atoms with E-state index in [1.54, 1.807) is 0 Å². The van der Waals surface area contributed by atoms with Crippen molar-refractivity contribution in [3.8, 4) is 0 Å². The predicted molar refractivity (Wildman–Crippen MR) is 65.4 cm³/mol. The Balaban J connectivity index is 1.93. The molecule has 2 heterocycles. The van der Waals surface area contributed by atoms with Gasteiger partial charge in [0.15, 0.2) is 11.5 Å². The van der Waals surface area contributed by atoms with E-state index in [0.29, 0.717) is 11.5 Å². The van der Waals surface area contributed by atoms with Gasteiger partial charge in [0.2, 0.25) is 0 Å². The van der Waals surface area contributed by atoms with E-state index in [-0.39, 0.29) is 6.61 Å². The van der Waals surface area contributed by atoms with E-state index in [0.717, 1.165) is 43.4 Å². The van der Waals surface area contributed by atoms with Crippen molar-refractivity contribution in [2.75, 3.05) is 12.3 Å². The number of aromatic nitrogens is 4. The fraction of sp³-hybridized carbons (Fsp3) is 0.545. The summed E-state index contributed by atoms with van der Waals surface area (Å²) >= 11 is 0. The molecular weight excluding hydrogens is 218 g/mol. The van der Waals surface area contributed by atoms with Gasteiger partial charge in [-0.05, 0) is 12.8 Å². The number of nitrogens with zero attached hydrogens (tertiary/aromatic N) is 3. The third-order valence-electron chi connectivity index (χ3n) is 2.69. The molecule has 4 N–H and O–H groups in total. The average molecular weight is 235 g/mol. The molecule has 0 radical (unpaired) electrons. The van der Waals surface area contributed by atoms with E-state index in [1.165, 1.54) is 6.33 Å². The van der Waals surface area contributed by atoms with Crippen LogP contribution in [0.3, 0.4) is 0 Å². The SMILES string of the molecule is Nc1ncnc2nc(CCCCCCO)[nH]c12. The number of nitrogens with one attached hydrogen (secondary N) is 1. The summed E-state index contributed by atoms with van der Waals surface area (Å²) in [6, 6.07) is 0. The molecule has 0 aliphatic carbocycles. The molecule has 0 saturated heterocycles. The number of nitrogens with two attached hydrogens (primary N) is 1. The lowest BCUT2D eigenvalue weighted by atomic mass is 10.1. The van der Waals surface area contributed by atoms with E-state index >= 15 is 0 Å². The van der Waals surface area contributed by atoms with Gasteiger partial charge in [-0.2, -0.15) is 0 Å². The Bertz CT molecular complexity index is 482. The molecule has 0 amide bonds. The molecule has 0 spiro atoms. The minimum Gasteiger partial charge on any atom is -0.396 e. The lowest BCUT2D eigenvalue weighted by Gasteiger charge is -1.97. The second-order valence-corrected chi connectivity index (χ2v) is 4.03. The van der Waals surface area contributed by atoms with Crippen LogP contribution in [0.1, 0.15) is 31.5 Å². The molecular formula is C11H17N5O. The fourth-order valence-electron chi connectivity index (χ4n) is 1.77. The number of aromatic amines is 1. The minimum absolute atomic E-state index is 0.275. The summed E-state index contributed by atoms with van der Waals surface area (Å²) in [5.74, 6) is 1.34. The predicted octanol–water partition coefficient (Wildman–Crippen LogP) is 1.03. The van der Waals surface area contributed by atoms with Crippen LogP contribution in [0.2, 0.25) is 0 Å². The van der Waals surface area contributed by atoms with Gasteiger partial charge in [-0.3, -0.25) is 0 Å². The van der Waals surface area contributed by atoms with Crippen molar-refractivity contribution in [2.24, 2.45) is 0 Å². The van der Waals surface area contributed by atoms with E-state index in [2.05, 4.69) is 19.9 Å². The lowest BCUT2D eigenvalue weighted by Crippen LogP contribution is -1.92. The summed E-state index contributed by atoms with van der Waals surface area (Å²) in [4.78, 5) is 15.5. The Kier molecular flexibility index (Phi) is 3.87. The van der Waals surface area contributed by atoms with Gasteiger partial charge >= 0.3 is 0 Å². The summed E-state index contributed by atoms with van der Waals surface area (Å²) in [5, 5.41) is 8.66. The molecule has 2 aromatic heterocycles. The number of imidazole rings is 1. The van der Waals surface area contributed by atoms with E-state index in [9.17, 15) is 0 Å². The van der Waals surface area contributed by atoms with Gasteiger partial charge in [-0.1, -0.05) is 12.8 Å². The van der Waals surface area contributed by atoms with Gasteiger partial charge in [0.1, 0.15) is 17.7 Å². The maximum absolute atomic E-state index is 8.66. The zero-order valence-corrected chi connectivity index (χ0v) is 9.69. The molecule has 2 aromatic rings. The second-order valence-electron chi connectivity index (χ2n) is 4.03. The van der Waals surface area contributed by atoms with Crippen LogP contribution in [0.4, 0.5) is 5.82 Å². The highest BCUT2D eigenvalue weighted by Gasteiger charge is 2.06. The number of rotatable bonds is 6. The monoisotopic (exact) mass is 235 g/mol. The van der Waals surface area contributed by atoms with Crippen molar-refractivity contribution in [3.05, 3.63) is 12.2 Å². The average Bonchev–Trinajstić information content (AvgIpc) is 2.73. The Labute approximate surface area is 99.3 Å². The number of hydrogen-bond acceptors (Lipinski definition) is 5. The van der Waals surface area contributed by atoms with Crippen LogP contribution in [0.15, 0.2) is 6.33 Å². The van der Waals surface area contributed by atoms with Crippen LogP contribution in [0.25, 0.3) is 11.2 Å². The van der Waals surface area contributed by atoms with Crippen molar-refractivity contribution in [1.82, 2.24) is 19.9 Å². The molecule has 0 aliphatic heterocycles. The van der Waals surface area contributed by atoms with Crippen molar-refractivity contribution >= 4 is 17.0 Å². The molecule has 0 fully saturated rings. The third kappa shape index (κ3) is 2.91. The van der Waals surface area contributed by atoms with Gasteiger partial charge in [0.25, 0.3) is 0 Å². The van der Waals surface area contributed by atoms with E-state index < -0.39 is 0 Å². The highest BCUT2D eigenvalue weighted by atomic mass is 16.2. The number of nitrogen functional groups attached to an aromatic ring is 1. The summed E-state index contributed by atoms with van der Waals surface area (Å²) in [7, 11) is 0. The molecule has 0 bridgehead atoms. The van der Waals surface area contributed by atoms with Gasteiger partial charge in [-0.25, -0.2) is 15.0 Å². The number of hydrogen-bond donors (Lipinski definition) is 3. The van der Waals surface area contributed by atoms with Crippen molar-refractivity contribution in [1.29, 1.82) is 0 Å². The standard InChI is InChI=1S/C11H17N5O/c12-10-9-11(14-7-13-10)16-8(15-9)5-3-1-2-4-6-17/h7,17H,1-6H2,(H3,12,13,14,15,16). The Morgan fingerprint density at radius 1 is 1.18 bits per heavy atom. The van der Waals surface area contributed by atoms with Crippen LogP contribution in [0, 0.1) is 0 Å². The molecule has 6 nitrogen and oxygen atoms in total. The molecule has 0 aromatic carbocycles. The molecule has 0 atom stereocenters. The number of H-pyrrole nitrogens is 1. The Hall–Kier alpha value is -1.69. The molecule has 6 heteroatoms. The summed E-state index contributed by atoms with van der Waals surface area (Å²) in [6.45, 7) is 0.275. The number of unbranched alkanes of at least 4 members (excludes halogenated alkanes) is 3. The molecule has 0 saturated carbocycles. The maximum Gasteiger partial charge on any atom is 0.183 e. The lowest BCUT2D eigenvalue weighted by molar-refractivity contribution is 0.282. The first-order valence-corrected chi connectivity index (χ1v) is 5.87. The zero-order chi connectivity index (χ0) is 12.1. The van der Waals surface area contributed by atoms with E-state index in [1.807, 2.05) is 0 Å². The third-order valence-corrected chi connectivity index (χ3v) is 2.69. The first-order valence-electron chi connectivity index (χ1n) is 5.87. The number of anilines is 1. The highest BCUT2D eigenvalue weighted by Crippen LogP contribution is 2.14. The fourth-order valence-corrected chi connectivity index (χ4v) is 1.77. The molecule has 92 valence electrons. The van der Waals surface area contributed by atoms with Crippen LogP contribution in [-0.2, 0) is 6.42 Å². The normalized spacial score (nSPS) is 11.1.